The fraction of sp³-hybridized carbons (Fsp3) is 0. The number of hydrogen-bond acceptors (Lipinski definition) is 2. The molecule has 0 radical (unpaired) electrons. The highest BCUT2D eigenvalue weighted by Gasteiger charge is 2.12. The Morgan fingerprint density at radius 3 is 2.18 bits per heavy atom. The molecule has 0 aromatic heterocycles. The largest absolute Gasteiger partial charge is 0.478 e. The molecule has 0 spiro atoms. The number of hydrogen-bond donors (Lipinski definition) is 2. The van der Waals surface area contributed by atoms with E-state index in [1.54, 1.807) is 0 Å². The van der Waals surface area contributed by atoms with E-state index in [0.717, 1.165) is 0 Å². The molecule has 0 aromatic rings. The number of rotatable bonds is 3. The van der Waals surface area contributed by atoms with Crippen LogP contribution in [0.2, 0.25) is 0 Å². The van der Waals surface area contributed by atoms with E-state index in [0.29, 0.717) is 0 Å². The molecule has 0 aliphatic heterocycles. The number of allylic oxidation sites excluding steroid dienone is 1. The molecule has 0 aliphatic rings. The third kappa shape index (κ3) is 2.47. The second-order valence-electron chi connectivity index (χ2n) is 1.74. The summed E-state index contributed by atoms with van der Waals surface area (Å²) in [6.45, 7) is 6.55. The molecule has 0 amide bonds. The van der Waals surface area contributed by atoms with Crippen molar-refractivity contribution in [1.82, 2.24) is 0 Å². The smallest absolute Gasteiger partial charge is 0.339 e. The summed E-state index contributed by atoms with van der Waals surface area (Å²) >= 11 is 5.35. The molecule has 0 aliphatic carbocycles. The standard InChI is InChI=1S/C7H8ClNO2/c1-3-5(9)6(4(2)8)7(10)11/h3H,1-2,9H2,(H,10,11)/b6-5-. The fourth-order valence-electron chi connectivity index (χ4n) is 0.498. The van der Waals surface area contributed by atoms with Crippen LogP contribution in [0.1, 0.15) is 0 Å². The lowest BCUT2D eigenvalue weighted by Crippen LogP contribution is -2.08. The van der Waals surface area contributed by atoms with Gasteiger partial charge in [-0.15, -0.1) is 0 Å². The molecule has 0 fully saturated rings. The number of halogens is 1. The van der Waals surface area contributed by atoms with E-state index in [1.807, 2.05) is 0 Å². The highest BCUT2D eigenvalue weighted by molar-refractivity contribution is 6.34. The zero-order valence-electron chi connectivity index (χ0n) is 5.80. The van der Waals surface area contributed by atoms with Crippen LogP contribution in [0.25, 0.3) is 0 Å². The van der Waals surface area contributed by atoms with Crippen molar-refractivity contribution in [2.24, 2.45) is 5.73 Å². The van der Waals surface area contributed by atoms with E-state index in [-0.39, 0.29) is 16.3 Å². The van der Waals surface area contributed by atoms with E-state index < -0.39 is 5.97 Å². The maximum absolute atomic E-state index is 10.4. The first kappa shape index (κ1) is 9.78. The summed E-state index contributed by atoms with van der Waals surface area (Å²) in [7, 11) is 0. The monoisotopic (exact) mass is 173 g/mol. The van der Waals surface area contributed by atoms with E-state index in [4.69, 9.17) is 22.4 Å². The van der Waals surface area contributed by atoms with E-state index in [2.05, 4.69) is 13.2 Å². The van der Waals surface area contributed by atoms with Gasteiger partial charge in [-0.05, 0) is 6.08 Å². The second-order valence-corrected chi connectivity index (χ2v) is 2.20. The minimum Gasteiger partial charge on any atom is -0.478 e. The molecule has 0 unspecified atom stereocenters. The Morgan fingerprint density at radius 2 is 2.09 bits per heavy atom. The highest BCUT2D eigenvalue weighted by Crippen LogP contribution is 2.14. The summed E-state index contributed by atoms with van der Waals surface area (Å²) in [6, 6.07) is 0. The maximum Gasteiger partial charge on any atom is 0.339 e. The quantitative estimate of drug-likeness (QED) is 0.498. The van der Waals surface area contributed by atoms with Crippen LogP contribution in [0.15, 0.2) is 35.5 Å². The van der Waals surface area contributed by atoms with Crippen molar-refractivity contribution < 1.29 is 9.90 Å². The lowest BCUT2D eigenvalue weighted by Gasteiger charge is -2.00. The van der Waals surface area contributed by atoms with Gasteiger partial charge in [-0.1, -0.05) is 24.8 Å². The molecule has 0 atom stereocenters. The van der Waals surface area contributed by atoms with Crippen LogP contribution >= 0.6 is 11.6 Å². The molecule has 3 nitrogen and oxygen atoms in total. The first-order chi connectivity index (χ1) is 5.00. The van der Waals surface area contributed by atoms with Crippen molar-refractivity contribution in [3.05, 3.63) is 35.5 Å². The van der Waals surface area contributed by atoms with Gasteiger partial charge < -0.3 is 10.8 Å². The van der Waals surface area contributed by atoms with Crippen LogP contribution in [0, 0.1) is 0 Å². The predicted molar refractivity (Wildman–Crippen MR) is 44.0 cm³/mol. The third-order valence-corrected chi connectivity index (χ3v) is 1.18. The molecule has 0 saturated heterocycles. The van der Waals surface area contributed by atoms with Gasteiger partial charge in [0, 0.05) is 5.70 Å². The Morgan fingerprint density at radius 1 is 1.64 bits per heavy atom. The second kappa shape index (κ2) is 3.83. The zero-order chi connectivity index (χ0) is 9.02. The van der Waals surface area contributed by atoms with Crippen molar-refractivity contribution in [3.63, 3.8) is 0 Å². The number of carboxylic acids is 1. The molecular formula is C7H8ClNO2. The summed E-state index contributed by atoms with van der Waals surface area (Å²) in [5.74, 6) is -1.21. The number of nitrogens with two attached hydrogens (primary N) is 1. The van der Waals surface area contributed by atoms with Crippen LogP contribution in [0.3, 0.4) is 0 Å². The van der Waals surface area contributed by atoms with Gasteiger partial charge in [0.1, 0.15) is 5.57 Å². The van der Waals surface area contributed by atoms with Gasteiger partial charge >= 0.3 is 5.97 Å². The summed E-state index contributed by atoms with van der Waals surface area (Å²) < 4.78 is 0. The van der Waals surface area contributed by atoms with E-state index in [1.165, 1.54) is 6.08 Å². The number of carbonyl (C=O) groups is 1. The van der Waals surface area contributed by atoms with Crippen molar-refractivity contribution in [2.45, 2.75) is 0 Å². The fourth-order valence-corrected chi connectivity index (χ4v) is 0.688. The summed E-state index contributed by atoms with van der Waals surface area (Å²) in [4.78, 5) is 10.4. The molecule has 0 bridgehead atoms. The molecule has 60 valence electrons. The average molecular weight is 174 g/mol. The number of aliphatic carboxylic acids is 1. The molecule has 11 heavy (non-hydrogen) atoms. The Balaban J connectivity index is 5.04. The molecule has 0 saturated carbocycles. The van der Waals surface area contributed by atoms with Gasteiger partial charge in [-0.25, -0.2) is 4.79 Å². The van der Waals surface area contributed by atoms with Gasteiger partial charge in [0.15, 0.2) is 0 Å². The van der Waals surface area contributed by atoms with Crippen LogP contribution in [0.5, 0.6) is 0 Å². The van der Waals surface area contributed by atoms with Gasteiger partial charge in [0.25, 0.3) is 0 Å². The predicted octanol–water partition coefficient (Wildman–Crippen LogP) is 1.22. The molecular weight excluding hydrogens is 166 g/mol. The lowest BCUT2D eigenvalue weighted by atomic mass is 10.2. The minimum absolute atomic E-state index is 0.0116. The first-order valence-electron chi connectivity index (χ1n) is 2.71. The van der Waals surface area contributed by atoms with Gasteiger partial charge in [-0.2, -0.15) is 0 Å². The summed E-state index contributed by atoms with van der Waals surface area (Å²) in [6.07, 6.45) is 1.21. The Labute approximate surface area is 69.5 Å². The van der Waals surface area contributed by atoms with Crippen molar-refractivity contribution in [2.75, 3.05) is 0 Å². The highest BCUT2D eigenvalue weighted by atomic mass is 35.5. The van der Waals surface area contributed by atoms with Crippen LogP contribution in [0.4, 0.5) is 0 Å². The molecule has 0 rings (SSSR count). The van der Waals surface area contributed by atoms with Crippen molar-refractivity contribution in [1.29, 1.82) is 0 Å². The minimum atomic E-state index is -1.21. The molecule has 4 heteroatoms. The van der Waals surface area contributed by atoms with Gasteiger partial charge in [0.2, 0.25) is 0 Å². The van der Waals surface area contributed by atoms with E-state index >= 15 is 0 Å². The molecule has 3 N–H and O–H groups in total. The lowest BCUT2D eigenvalue weighted by molar-refractivity contribution is -0.132. The van der Waals surface area contributed by atoms with Gasteiger partial charge in [0.05, 0.1) is 5.03 Å². The molecule has 0 heterocycles. The van der Waals surface area contributed by atoms with Crippen molar-refractivity contribution in [3.8, 4) is 0 Å². The Hall–Kier alpha value is -1.22. The van der Waals surface area contributed by atoms with Gasteiger partial charge in [-0.3, -0.25) is 0 Å². The summed E-state index contributed by atoms with van der Waals surface area (Å²) in [5, 5.41) is 8.41. The normalized spacial score (nSPS) is 11.7. The zero-order valence-corrected chi connectivity index (χ0v) is 6.56. The van der Waals surface area contributed by atoms with Crippen LogP contribution in [-0.2, 0) is 4.79 Å². The van der Waals surface area contributed by atoms with Crippen LogP contribution < -0.4 is 5.73 Å². The van der Waals surface area contributed by atoms with Crippen molar-refractivity contribution >= 4 is 17.6 Å². The SMILES string of the molecule is C=C/C(N)=C(\C(=C)Cl)C(=O)O. The number of carboxylic acid groups (broad SMARTS) is 1. The maximum atomic E-state index is 10.4. The average Bonchev–Trinajstić information content (AvgIpc) is 1.85. The first-order valence-corrected chi connectivity index (χ1v) is 3.08. The summed E-state index contributed by atoms with van der Waals surface area (Å²) in [5.41, 5.74) is 5.06. The van der Waals surface area contributed by atoms with Crippen LogP contribution in [-0.4, -0.2) is 11.1 Å². The topological polar surface area (TPSA) is 63.3 Å². The van der Waals surface area contributed by atoms with E-state index in [9.17, 15) is 4.79 Å². The Bertz CT molecular complexity index is 227. The third-order valence-electron chi connectivity index (χ3n) is 0.994. The Kier molecular flexibility index (Phi) is 3.40. The molecule has 0 aromatic carbocycles.